The van der Waals surface area contributed by atoms with E-state index in [9.17, 15) is 26.3 Å². The molecule has 0 amide bonds. The van der Waals surface area contributed by atoms with E-state index in [1.54, 1.807) is 0 Å². The van der Waals surface area contributed by atoms with Crippen LogP contribution in [0.25, 0.3) is 0 Å². The molecule has 0 aliphatic carbocycles. The average molecular weight is 361 g/mol. The fourth-order valence-electron chi connectivity index (χ4n) is 2.64. The van der Waals surface area contributed by atoms with Gasteiger partial charge in [-0.25, -0.2) is 0 Å². The van der Waals surface area contributed by atoms with Crippen LogP contribution in [0.2, 0.25) is 5.02 Å². The van der Waals surface area contributed by atoms with E-state index >= 15 is 0 Å². The molecule has 1 saturated heterocycles. The van der Waals surface area contributed by atoms with Gasteiger partial charge in [0.2, 0.25) is 0 Å². The van der Waals surface area contributed by atoms with Gasteiger partial charge in [0.05, 0.1) is 12.0 Å². The molecule has 1 atom stereocenters. The molecule has 2 rings (SSSR count). The number of halogens is 7. The fraction of sp³-hybridized carbons (Fsp3) is 0.571. The summed E-state index contributed by atoms with van der Waals surface area (Å²) in [5.74, 6) is 0. The quantitative estimate of drug-likeness (QED) is 0.810. The Balaban J connectivity index is 2.39. The molecule has 1 heterocycles. The largest absolute Gasteiger partial charge is 0.416 e. The highest BCUT2D eigenvalue weighted by atomic mass is 35.5. The van der Waals surface area contributed by atoms with E-state index in [2.05, 4.69) is 5.32 Å². The summed E-state index contributed by atoms with van der Waals surface area (Å²) in [6.45, 7) is 1.63. The maximum atomic E-state index is 12.9. The molecule has 1 N–H and O–H groups in total. The first-order chi connectivity index (χ1) is 10.6. The molecule has 0 unspecified atom stereocenters. The lowest BCUT2D eigenvalue weighted by atomic mass is 9.98. The van der Waals surface area contributed by atoms with Gasteiger partial charge in [-0.2, -0.15) is 26.3 Å². The van der Waals surface area contributed by atoms with Crippen molar-refractivity contribution in [3.8, 4) is 0 Å². The zero-order valence-corrected chi connectivity index (χ0v) is 12.7. The molecule has 1 aliphatic heterocycles. The standard InChI is InChI=1S/C14H15ClF6N2/c15-11-6-9(5-10(7-11)14(19,20)21)12(8-13(16,17)18)23-3-1-22-2-4-23/h5-7,12,22H,1-4,8H2/t12-/m0/s1. The van der Waals surface area contributed by atoms with E-state index in [1.165, 1.54) is 11.0 Å². The van der Waals surface area contributed by atoms with Gasteiger partial charge < -0.3 is 5.32 Å². The number of hydrogen-bond acceptors (Lipinski definition) is 2. The van der Waals surface area contributed by atoms with Crippen molar-refractivity contribution in [3.63, 3.8) is 0 Å². The lowest BCUT2D eigenvalue weighted by molar-refractivity contribution is -0.148. The monoisotopic (exact) mass is 360 g/mol. The third-order valence-electron chi connectivity index (χ3n) is 3.65. The Morgan fingerprint density at radius 3 is 2.17 bits per heavy atom. The van der Waals surface area contributed by atoms with E-state index in [0.717, 1.165) is 6.07 Å². The molecule has 0 bridgehead atoms. The van der Waals surface area contributed by atoms with Crippen molar-refractivity contribution >= 4 is 11.6 Å². The molecule has 130 valence electrons. The second kappa shape index (κ2) is 6.86. The molecule has 1 aliphatic rings. The lowest BCUT2D eigenvalue weighted by Gasteiger charge is -2.36. The number of piperazine rings is 1. The fourth-order valence-corrected chi connectivity index (χ4v) is 2.88. The Bertz CT molecular complexity index is 537. The van der Waals surface area contributed by atoms with Crippen LogP contribution in [0, 0.1) is 0 Å². The van der Waals surface area contributed by atoms with E-state index < -0.39 is 30.4 Å². The number of rotatable bonds is 3. The molecule has 0 saturated carbocycles. The van der Waals surface area contributed by atoms with Crippen molar-refractivity contribution in [2.24, 2.45) is 0 Å². The number of alkyl halides is 6. The van der Waals surface area contributed by atoms with Crippen LogP contribution in [0.1, 0.15) is 23.6 Å². The van der Waals surface area contributed by atoms with Gasteiger partial charge in [-0.1, -0.05) is 11.6 Å². The summed E-state index contributed by atoms with van der Waals surface area (Å²) in [6, 6.07) is 1.46. The van der Waals surface area contributed by atoms with Gasteiger partial charge >= 0.3 is 12.4 Å². The van der Waals surface area contributed by atoms with Crippen molar-refractivity contribution in [3.05, 3.63) is 34.3 Å². The second-order valence-electron chi connectivity index (χ2n) is 5.39. The van der Waals surface area contributed by atoms with Gasteiger partial charge in [0.25, 0.3) is 0 Å². The first kappa shape index (κ1) is 18.4. The molecular formula is C14H15ClF6N2. The Hall–Kier alpha value is -0.990. The molecule has 1 aromatic carbocycles. The van der Waals surface area contributed by atoms with Crippen molar-refractivity contribution in [2.45, 2.75) is 24.8 Å². The van der Waals surface area contributed by atoms with Gasteiger partial charge in [0.15, 0.2) is 0 Å². The zero-order chi connectivity index (χ0) is 17.3. The van der Waals surface area contributed by atoms with Crippen LogP contribution in [0.15, 0.2) is 18.2 Å². The Morgan fingerprint density at radius 1 is 1.04 bits per heavy atom. The number of benzene rings is 1. The van der Waals surface area contributed by atoms with Crippen LogP contribution >= 0.6 is 11.6 Å². The summed E-state index contributed by atoms with van der Waals surface area (Å²) in [5.41, 5.74) is -1.11. The summed E-state index contributed by atoms with van der Waals surface area (Å²) < 4.78 is 77.3. The minimum atomic E-state index is -4.66. The van der Waals surface area contributed by atoms with Crippen LogP contribution in [-0.4, -0.2) is 37.3 Å². The predicted octanol–water partition coefficient (Wildman–Crippen LogP) is 4.26. The maximum Gasteiger partial charge on any atom is 0.416 e. The minimum Gasteiger partial charge on any atom is -0.314 e. The Kier molecular flexibility index (Phi) is 5.48. The van der Waals surface area contributed by atoms with Gasteiger partial charge in [-0.3, -0.25) is 4.90 Å². The lowest BCUT2D eigenvalue weighted by Crippen LogP contribution is -2.46. The van der Waals surface area contributed by atoms with Crippen molar-refractivity contribution in [1.82, 2.24) is 10.2 Å². The maximum absolute atomic E-state index is 12.9. The molecule has 23 heavy (non-hydrogen) atoms. The highest BCUT2D eigenvalue weighted by Crippen LogP contribution is 2.38. The minimum absolute atomic E-state index is 0.0657. The highest BCUT2D eigenvalue weighted by Gasteiger charge is 2.38. The normalized spacial score (nSPS) is 18.9. The van der Waals surface area contributed by atoms with E-state index in [1.807, 2.05) is 0 Å². The topological polar surface area (TPSA) is 15.3 Å². The first-order valence-electron chi connectivity index (χ1n) is 6.95. The summed E-state index contributed by atoms with van der Waals surface area (Å²) in [6.07, 6.45) is -10.4. The third kappa shape index (κ3) is 5.26. The van der Waals surface area contributed by atoms with Crippen LogP contribution < -0.4 is 5.32 Å². The van der Waals surface area contributed by atoms with Crippen LogP contribution in [0.3, 0.4) is 0 Å². The Morgan fingerprint density at radius 2 is 1.65 bits per heavy atom. The van der Waals surface area contributed by atoms with Gasteiger partial charge in [0.1, 0.15) is 0 Å². The Labute approximate surface area is 134 Å². The predicted molar refractivity (Wildman–Crippen MR) is 74.3 cm³/mol. The molecule has 1 fully saturated rings. The van der Waals surface area contributed by atoms with E-state index in [-0.39, 0.29) is 10.6 Å². The molecule has 0 spiro atoms. The summed E-state index contributed by atoms with van der Waals surface area (Å²) in [7, 11) is 0. The molecule has 1 aromatic rings. The van der Waals surface area contributed by atoms with Gasteiger partial charge in [-0.05, 0) is 23.8 Å². The number of hydrogen-bond donors (Lipinski definition) is 1. The van der Waals surface area contributed by atoms with Crippen molar-refractivity contribution < 1.29 is 26.3 Å². The molecule has 0 aromatic heterocycles. The summed E-state index contributed by atoms with van der Waals surface area (Å²) in [5, 5.41) is 2.78. The second-order valence-corrected chi connectivity index (χ2v) is 5.83. The molecule has 2 nitrogen and oxygen atoms in total. The molecule has 9 heteroatoms. The van der Waals surface area contributed by atoms with E-state index in [0.29, 0.717) is 32.2 Å². The van der Waals surface area contributed by atoms with Crippen molar-refractivity contribution in [2.75, 3.05) is 26.2 Å². The number of nitrogens with zero attached hydrogens (tertiary/aromatic N) is 1. The SMILES string of the molecule is FC(F)(F)C[C@@H](c1cc(Cl)cc(C(F)(F)F)c1)N1CCNCC1. The molecular weight excluding hydrogens is 346 g/mol. The van der Waals surface area contributed by atoms with E-state index in [4.69, 9.17) is 11.6 Å². The van der Waals surface area contributed by atoms with Crippen molar-refractivity contribution in [1.29, 1.82) is 0 Å². The summed E-state index contributed by atoms with van der Waals surface area (Å²) in [4.78, 5) is 1.54. The first-order valence-corrected chi connectivity index (χ1v) is 7.33. The zero-order valence-electron chi connectivity index (χ0n) is 11.9. The van der Waals surface area contributed by atoms with Gasteiger partial charge in [0, 0.05) is 37.2 Å². The highest BCUT2D eigenvalue weighted by molar-refractivity contribution is 6.30. The van der Waals surface area contributed by atoms with Crippen LogP contribution in [-0.2, 0) is 6.18 Å². The number of nitrogens with one attached hydrogen (secondary N) is 1. The van der Waals surface area contributed by atoms with Crippen LogP contribution in [0.4, 0.5) is 26.3 Å². The average Bonchev–Trinajstić information content (AvgIpc) is 2.43. The summed E-state index contributed by atoms with van der Waals surface area (Å²) >= 11 is 5.70. The van der Waals surface area contributed by atoms with Crippen LogP contribution in [0.5, 0.6) is 0 Å². The molecule has 0 radical (unpaired) electrons. The van der Waals surface area contributed by atoms with Gasteiger partial charge in [-0.15, -0.1) is 0 Å². The third-order valence-corrected chi connectivity index (χ3v) is 3.87. The smallest absolute Gasteiger partial charge is 0.314 e.